The average molecular weight is 201 g/mol. The van der Waals surface area contributed by atoms with Crippen molar-refractivity contribution in [3.05, 3.63) is 0 Å². The van der Waals surface area contributed by atoms with Crippen molar-refractivity contribution in [1.29, 1.82) is 0 Å². The predicted octanol–water partition coefficient (Wildman–Crippen LogP) is 1.54. The SMILES string of the molecule is CCC(C)CC(C)NC(C)C(N)=NO. The Balaban J connectivity index is 3.87. The van der Waals surface area contributed by atoms with Crippen LogP contribution >= 0.6 is 0 Å². The molecule has 0 fully saturated rings. The van der Waals surface area contributed by atoms with Gasteiger partial charge in [0.25, 0.3) is 0 Å². The maximum Gasteiger partial charge on any atom is 0.156 e. The summed E-state index contributed by atoms with van der Waals surface area (Å²) >= 11 is 0. The van der Waals surface area contributed by atoms with Gasteiger partial charge < -0.3 is 16.3 Å². The Kier molecular flexibility index (Phi) is 6.28. The lowest BCUT2D eigenvalue weighted by Gasteiger charge is -2.21. The lowest BCUT2D eigenvalue weighted by molar-refractivity contribution is 0.313. The highest BCUT2D eigenvalue weighted by atomic mass is 16.4. The van der Waals surface area contributed by atoms with Crippen molar-refractivity contribution < 1.29 is 5.21 Å². The van der Waals surface area contributed by atoms with Crippen LogP contribution < -0.4 is 11.1 Å². The zero-order chi connectivity index (χ0) is 11.1. The number of rotatable bonds is 6. The minimum Gasteiger partial charge on any atom is -0.409 e. The molecule has 0 aliphatic carbocycles. The van der Waals surface area contributed by atoms with Crippen LogP contribution in [0, 0.1) is 5.92 Å². The average Bonchev–Trinajstić information content (AvgIpc) is 2.15. The summed E-state index contributed by atoms with van der Waals surface area (Å²) in [6, 6.07) is 0.319. The van der Waals surface area contributed by atoms with Crippen LogP contribution in [0.4, 0.5) is 0 Å². The molecule has 4 heteroatoms. The second-order valence-electron chi connectivity index (χ2n) is 4.06. The normalized spacial score (nSPS) is 19.0. The second kappa shape index (κ2) is 6.65. The highest BCUT2D eigenvalue weighted by Gasteiger charge is 2.12. The van der Waals surface area contributed by atoms with E-state index in [0.29, 0.717) is 12.0 Å². The van der Waals surface area contributed by atoms with Gasteiger partial charge in [0.15, 0.2) is 5.84 Å². The van der Waals surface area contributed by atoms with E-state index in [9.17, 15) is 0 Å². The van der Waals surface area contributed by atoms with Gasteiger partial charge in [-0.25, -0.2) is 0 Å². The zero-order valence-electron chi connectivity index (χ0n) is 9.62. The van der Waals surface area contributed by atoms with E-state index in [1.165, 1.54) is 6.42 Å². The molecule has 4 N–H and O–H groups in total. The number of hydrogen-bond donors (Lipinski definition) is 3. The Bertz CT molecular complexity index is 182. The molecule has 3 atom stereocenters. The third-order valence-electron chi connectivity index (χ3n) is 2.55. The molecule has 0 saturated heterocycles. The van der Waals surface area contributed by atoms with Gasteiger partial charge in [0.1, 0.15) is 0 Å². The number of oxime groups is 1. The fourth-order valence-corrected chi connectivity index (χ4v) is 1.44. The smallest absolute Gasteiger partial charge is 0.156 e. The maximum atomic E-state index is 8.47. The largest absolute Gasteiger partial charge is 0.409 e. The van der Waals surface area contributed by atoms with Gasteiger partial charge in [0.05, 0.1) is 6.04 Å². The number of amidine groups is 1. The first-order valence-corrected chi connectivity index (χ1v) is 5.24. The fourth-order valence-electron chi connectivity index (χ4n) is 1.44. The fraction of sp³-hybridized carbons (Fsp3) is 0.900. The first-order valence-electron chi connectivity index (χ1n) is 5.24. The molecule has 4 nitrogen and oxygen atoms in total. The molecular weight excluding hydrogens is 178 g/mol. The third-order valence-corrected chi connectivity index (χ3v) is 2.55. The molecule has 0 bridgehead atoms. The van der Waals surface area contributed by atoms with E-state index in [2.05, 4.69) is 31.2 Å². The van der Waals surface area contributed by atoms with Gasteiger partial charge in [-0.3, -0.25) is 0 Å². The molecular formula is C10H23N3O. The molecule has 0 aromatic carbocycles. The molecule has 0 saturated carbocycles. The lowest BCUT2D eigenvalue weighted by Crippen LogP contribution is -2.44. The zero-order valence-corrected chi connectivity index (χ0v) is 9.62. The van der Waals surface area contributed by atoms with Crippen LogP contribution in [0.2, 0.25) is 0 Å². The number of nitrogens with two attached hydrogens (primary N) is 1. The number of nitrogens with one attached hydrogen (secondary N) is 1. The maximum absolute atomic E-state index is 8.47. The Morgan fingerprint density at radius 3 is 2.43 bits per heavy atom. The minimum absolute atomic E-state index is 0.0703. The van der Waals surface area contributed by atoms with Crippen LogP contribution in [0.1, 0.15) is 40.5 Å². The van der Waals surface area contributed by atoms with E-state index >= 15 is 0 Å². The second-order valence-corrected chi connectivity index (χ2v) is 4.06. The van der Waals surface area contributed by atoms with Crippen molar-refractivity contribution in [2.45, 2.75) is 52.6 Å². The van der Waals surface area contributed by atoms with Crippen LogP contribution in [-0.2, 0) is 0 Å². The molecule has 0 aliphatic heterocycles. The third kappa shape index (κ3) is 5.07. The van der Waals surface area contributed by atoms with Gasteiger partial charge in [0.2, 0.25) is 0 Å². The van der Waals surface area contributed by atoms with Crippen molar-refractivity contribution in [2.75, 3.05) is 0 Å². The summed E-state index contributed by atoms with van der Waals surface area (Å²) in [6.45, 7) is 8.42. The Morgan fingerprint density at radius 1 is 1.43 bits per heavy atom. The summed E-state index contributed by atoms with van der Waals surface area (Å²) in [5, 5.41) is 14.7. The molecule has 0 rings (SSSR count). The summed E-state index contributed by atoms with van der Waals surface area (Å²) in [6.07, 6.45) is 2.30. The monoisotopic (exact) mass is 201 g/mol. The molecule has 14 heavy (non-hydrogen) atoms. The molecule has 0 radical (unpaired) electrons. The molecule has 0 heterocycles. The molecule has 0 amide bonds. The molecule has 0 aromatic rings. The van der Waals surface area contributed by atoms with Crippen LogP contribution in [-0.4, -0.2) is 23.1 Å². The number of hydrogen-bond acceptors (Lipinski definition) is 3. The van der Waals surface area contributed by atoms with Gasteiger partial charge in [-0.1, -0.05) is 25.4 Å². The van der Waals surface area contributed by atoms with Gasteiger partial charge in [0, 0.05) is 6.04 Å². The topological polar surface area (TPSA) is 70.6 Å². The van der Waals surface area contributed by atoms with Crippen LogP contribution in [0.5, 0.6) is 0 Å². The van der Waals surface area contributed by atoms with E-state index in [4.69, 9.17) is 10.9 Å². The van der Waals surface area contributed by atoms with Crippen molar-refractivity contribution in [3.63, 3.8) is 0 Å². The van der Waals surface area contributed by atoms with Gasteiger partial charge in [-0.05, 0) is 26.2 Å². The summed E-state index contributed by atoms with van der Waals surface area (Å²) in [4.78, 5) is 0. The highest BCUT2D eigenvalue weighted by Crippen LogP contribution is 2.09. The van der Waals surface area contributed by atoms with Crippen LogP contribution in [0.3, 0.4) is 0 Å². The van der Waals surface area contributed by atoms with Crippen molar-refractivity contribution in [2.24, 2.45) is 16.8 Å². The Labute approximate surface area is 86.6 Å². The van der Waals surface area contributed by atoms with Crippen molar-refractivity contribution in [3.8, 4) is 0 Å². The molecule has 0 aliphatic rings. The standard InChI is InChI=1S/C10H23N3O/c1-5-7(2)6-8(3)12-9(4)10(11)13-14/h7-9,12,14H,5-6H2,1-4H3,(H2,11,13). The summed E-state index contributed by atoms with van der Waals surface area (Å²) < 4.78 is 0. The van der Waals surface area contributed by atoms with E-state index in [1.807, 2.05) is 6.92 Å². The first-order chi connectivity index (χ1) is 6.51. The number of nitrogens with zero attached hydrogens (tertiary/aromatic N) is 1. The molecule has 3 unspecified atom stereocenters. The quantitative estimate of drug-likeness (QED) is 0.264. The van der Waals surface area contributed by atoms with Gasteiger partial charge in [-0.2, -0.15) is 0 Å². The predicted molar refractivity (Wildman–Crippen MR) is 59.5 cm³/mol. The Morgan fingerprint density at radius 2 is 2.00 bits per heavy atom. The summed E-state index contributed by atoms with van der Waals surface area (Å²) in [5.74, 6) is 0.943. The molecule has 84 valence electrons. The van der Waals surface area contributed by atoms with Gasteiger partial charge >= 0.3 is 0 Å². The van der Waals surface area contributed by atoms with Crippen LogP contribution in [0.25, 0.3) is 0 Å². The van der Waals surface area contributed by atoms with Crippen molar-refractivity contribution >= 4 is 5.84 Å². The van der Waals surface area contributed by atoms with Crippen molar-refractivity contribution in [1.82, 2.24) is 5.32 Å². The van der Waals surface area contributed by atoms with E-state index in [0.717, 1.165) is 6.42 Å². The summed E-state index contributed by atoms with van der Waals surface area (Å²) in [7, 11) is 0. The van der Waals surface area contributed by atoms with E-state index in [-0.39, 0.29) is 11.9 Å². The molecule has 0 spiro atoms. The lowest BCUT2D eigenvalue weighted by atomic mass is 10.00. The van der Waals surface area contributed by atoms with Gasteiger partial charge in [-0.15, -0.1) is 0 Å². The highest BCUT2D eigenvalue weighted by molar-refractivity contribution is 5.84. The summed E-state index contributed by atoms with van der Waals surface area (Å²) in [5.41, 5.74) is 5.47. The van der Waals surface area contributed by atoms with E-state index in [1.54, 1.807) is 0 Å². The van der Waals surface area contributed by atoms with E-state index < -0.39 is 0 Å². The first kappa shape index (κ1) is 13.2. The minimum atomic E-state index is -0.0703. The van der Waals surface area contributed by atoms with Crippen LogP contribution in [0.15, 0.2) is 5.16 Å². The molecule has 0 aromatic heterocycles. The Hall–Kier alpha value is -0.770.